The smallest absolute Gasteiger partial charge is 0.324 e. The molecule has 0 bridgehead atoms. The monoisotopic (exact) mass is 227 g/mol. The Kier molecular flexibility index (Phi) is 4.29. The number of nitrogens with two attached hydrogens (primary N) is 1. The lowest BCUT2D eigenvalue weighted by molar-refractivity contribution is -0.127. The molecule has 0 aromatic rings. The van der Waals surface area contributed by atoms with Crippen molar-refractivity contribution in [1.29, 1.82) is 0 Å². The van der Waals surface area contributed by atoms with Gasteiger partial charge in [-0.3, -0.25) is 9.69 Å². The van der Waals surface area contributed by atoms with Crippen molar-refractivity contribution in [3.63, 3.8) is 0 Å². The van der Waals surface area contributed by atoms with E-state index in [1.54, 1.807) is 0 Å². The lowest BCUT2D eigenvalue weighted by atomic mass is 10.0. The molecule has 1 saturated heterocycles. The molecule has 3 N–H and O–H groups in total. The number of hydrogen-bond acceptors (Lipinski definition) is 3. The first-order chi connectivity index (χ1) is 7.45. The number of nitrogens with one attached hydrogen (secondary N) is 1. The van der Waals surface area contributed by atoms with E-state index in [9.17, 15) is 9.59 Å². The third kappa shape index (κ3) is 2.95. The summed E-state index contributed by atoms with van der Waals surface area (Å²) in [6.07, 6.45) is 1.44. The summed E-state index contributed by atoms with van der Waals surface area (Å²) in [6, 6.07) is -0.802. The summed E-state index contributed by atoms with van der Waals surface area (Å²) >= 11 is 0. The number of rotatable bonds is 5. The molecule has 92 valence electrons. The molecule has 0 radical (unpaired) electrons. The molecular weight excluding hydrogens is 206 g/mol. The van der Waals surface area contributed by atoms with Crippen molar-refractivity contribution in [2.24, 2.45) is 11.7 Å². The van der Waals surface area contributed by atoms with Crippen molar-refractivity contribution in [1.82, 2.24) is 10.2 Å². The SMILES string of the molecule is CCC(N)CN1C(=O)NC(CC(C)C)C1=O. The van der Waals surface area contributed by atoms with Gasteiger partial charge in [0, 0.05) is 12.6 Å². The number of carbonyl (C=O) groups is 2. The molecule has 1 aliphatic rings. The van der Waals surface area contributed by atoms with Crippen molar-refractivity contribution in [2.75, 3.05) is 6.54 Å². The zero-order valence-electron chi connectivity index (χ0n) is 10.2. The van der Waals surface area contributed by atoms with E-state index >= 15 is 0 Å². The minimum atomic E-state index is -0.364. The molecule has 3 amide bonds. The van der Waals surface area contributed by atoms with Crippen LogP contribution in [0.2, 0.25) is 0 Å². The molecule has 2 unspecified atom stereocenters. The molecule has 1 heterocycles. The van der Waals surface area contributed by atoms with Gasteiger partial charge in [-0.05, 0) is 18.8 Å². The van der Waals surface area contributed by atoms with Crippen LogP contribution < -0.4 is 11.1 Å². The van der Waals surface area contributed by atoms with Gasteiger partial charge < -0.3 is 11.1 Å². The van der Waals surface area contributed by atoms with E-state index in [0.29, 0.717) is 18.9 Å². The molecule has 1 fully saturated rings. The summed E-state index contributed by atoms with van der Waals surface area (Å²) < 4.78 is 0. The summed E-state index contributed by atoms with van der Waals surface area (Å²) in [5, 5.41) is 2.70. The molecule has 1 aliphatic heterocycles. The Morgan fingerprint density at radius 1 is 1.44 bits per heavy atom. The molecule has 16 heavy (non-hydrogen) atoms. The number of nitrogens with zero attached hydrogens (tertiary/aromatic N) is 1. The second kappa shape index (κ2) is 5.30. The topological polar surface area (TPSA) is 75.4 Å². The minimum Gasteiger partial charge on any atom is -0.326 e. The normalized spacial score (nSPS) is 22.8. The lowest BCUT2D eigenvalue weighted by Gasteiger charge is -2.17. The van der Waals surface area contributed by atoms with Crippen LogP contribution in [0.5, 0.6) is 0 Å². The van der Waals surface area contributed by atoms with Crippen molar-refractivity contribution in [3.05, 3.63) is 0 Å². The largest absolute Gasteiger partial charge is 0.326 e. The summed E-state index contributed by atoms with van der Waals surface area (Å²) in [7, 11) is 0. The van der Waals surface area contributed by atoms with Gasteiger partial charge in [0.05, 0.1) is 0 Å². The maximum absolute atomic E-state index is 11.9. The Balaban J connectivity index is 2.60. The number of amides is 3. The summed E-state index contributed by atoms with van der Waals surface area (Å²) in [6.45, 7) is 6.31. The molecule has 5 heteroatoms. The van der Waals surface area contributed by atoms with E-state index in [1.165, 1.54) is 4.90 Å². The van der Waals surface area contributed by atoms with Gasteiger partial charge in [0.15, 0.2) is 0 Å². The Morgan fingerprint density at radius 2 is 2.06 bits per heavy atom. The molecule has 0 aromatic carbocycles. The summed E-state index contributed by atoms with van der Waals surface area (Å²) in [5.41, 5.74) is 5.75. The van der Waals surface area contributed by atoms with Crippen LogP contribution in [0.25, 0.3) is 0 Å². The predicted molar refractivity (Wildman–Crippen MR) is 61.8 cm³/mol. The van der Waals surface area contributed by atoms with Crippen LogP contribution in [0, 0.1) is 5.92 Å². The van der Waals surface area contributed by atoms with Gasteiger partial charge in [0.2, 0.25) is 0 Å². The summed E-state index contributed by atoms with van der Waals surface area (Å²) in [4.78, 5) is 24.7. The van der Waals surface area contributed by atoms with Crippen LogP contribution in [0.3, 0.4) is 0 Å². The van der Waals surface area contributed by atoms with Crippen molar-refractivity contribution < 1.29 is 9.59 Å². The van der Waals surface area contributed by atoms with Crippen LogP contribution in [-0.4, -0.2) is 35.5 Å². The third-order valence-corrected chi connectivity index (χ3v) is 2.76. The Bertz CT molecular complexity index is 278. The number of urea groups is 1. The van der Waals surface area contributed by atoms with Crippen molar-refractivity contribution in [2.45, 2.75) is 45.7 Å². The Labute approximate surface area is 96.4 Å². The van der Waals surface area contributed by atoms with E-state index in [4.69, 9.17) is 5.73 Å². The highest BCUT2D eigenvalue weighted by atomic mass is 16.2. The second-order valence-corrected chi connectivity index (χ2v) is 4.75. The Hall–Kier alpha value is -1.10. The van der Waals surface area contributed by atoms with Crippen molar-refractivity contribution in [3.8, 4) is 0 Å². The first kappa shape index (κ1) is 13.0. The first-order valence-corrected chi connectivity index (χ1v) is 5.83. The van der Waals surface area contributed by atoms with E-state index in [1.807, 2.05) is 20.8 Å². The molecule has 0 aromatic heterocycles. The fourth-order valence-corrected chi connectivity index (χ4v) is 1.74. The predicted octanol–water partition coefficient (Wildman–Crippen LogP) is 0.690. The summed E-state index contributed by atoms with van der Waals surface area (Å²) in [5.74, 6) is 0.247. The highest BCUT2D eigenvalue weighted by molar-refractivity contribution is 6.04. The standard InChI is InChI=1S/C11H21N3O2/c1-4-8(12)6-14-10(15)9(5-7(2)3)13-11(14)16/h7-9H,4-6,12H2,1-3H3,(H,13,16). The number of imide groups is 1. The van der Waals surface area contributed by atoms with Gasteiger partial charge >= 0.3 is 6.03 Å². The molecule has 1 rings (SSSR count). The van der Waals surface area contributed by atoms with Crippen molar-refractivity contribution >= 4 is 11.9 Å². The zero-order valence-corrected chi connectivity index (χ0v) is 10.2. The van der Waals surface area contributed by atoms with Crippen LogP contribution in [-0.2, 0) is 4.79 Å². The van der Waals surface area contributed by atoms with E-state index in [2.05, 4.69) is 5.32 Å². The average Bonchev–Trinajstić information content (AvgIpc) is 2.45. The molecule has 5 nitrogen and oxygen atoms in total. The van der Waals surface area contributed by atoms with E-state index in [-0.39, 0.29) is 24.0 Å². The van der Waals surface area contributed by atoms with E-state index < -0.39 is 0 Å². The second-order valence-electron chi connectivity index (χ2n) is 4.75. The quantitative estimate of drug-likeness (QED) is 0.678. The van der Waals surface area contributed by atoms with Crippen LogP contribution in [0.15, 0.2) is 0 Å². The van der Waals surface area contributed by atoms with Crippen LogP contribution in [0.1, 0.15) is 33.6 Å². The number of hydrogen-bond donors (Lipinski definition) is 2. The maximum Gasteiger partial charge on any atom is 0.324 e. The fraction of sp³-hybridized carbons (Fsp3) is 0.818. The minimum absolute atomic E-state index is 0.132. The molecular formula is C11H21N3O2. The number of carbonyl (C=O) groups excluding carboxylic acids is 2. The van der Waals surface area contributed by atoms with Gasteiger partial charge in [0.25, 0.3) is 5.91 Å². The Morgan fingerprint density at radius 3 is 2.56 bits per heavy atom. The maximum atomic E-state index is 11.9. The van der Waals surface area contributed by atoms with E-state index in [0.717, 1.165) is 6.42 Å². The molecule has 2 atom stereocenters. The highest BCUT2D eigenvalue weighted by Crippen LogP contribution is 2.14. The van der Waals surface area contributed by atoms with Gasteiger partial charge in [-0.2, -0.15) is 0 Å². The fourth-order valence-electron chi connectivity index (χ4n) is 1.74. The van der Waals surface area contributed by atoms with Gasteiger partial charge in [-0.1, -0.05) is 20.8 Å². The lowest BCUT2D eigenvalue weighted by Crippen LogP contribution is -2.41. The zero-order chi connectivity index (χ0) is 12.3. The average molecular weight is 227 g/mol. The molecule has 0 spiro atoms. The van der Waals surface area contributed by atoms with Gasteiger partial charge in [-0.25, -0.2) is 4.79 Å². The molecule has 0 saturated carbocycles. The third-order valence-electron chi connectivity index (χ3n) is 2.76. The van der Waals surface area contributed by atoms with Crippen LogP contribution in [0.4, 0.5) is 4.79 Å². The molecule has 0 aliphatic carbocycles. The van der Waals surface area contributed by atoms with Crippen LogP contribution >= 0.6 is 0 Å². The highest BCUT2D eigenvalue weighted by Gasteiger charge is 2.38. The van der Waals surface area contributed by atoms with Gasteiger partial charge in [0.1, 0.15) is 6.04 Å². The van der Waals surface area contributed by atoms with Gasteiger partial charge in [-0.15, -0.1) is 0 Å². The first-order valence-electron chi connectivity index (χ1n) is 5.83.